The van der Waals surface area contributed by atoms with Gasteiger partial charge in [-0.3, -0.25) is 9.59 Å². The zero-order chi connectivity index (χ0) is 24.4. The number of allylic oxidation sites excluding steroid dienone is 4. The van der Waals surface area contributed by atoms with Crippen molar-refractivity contribution in [2.45, 2.75) is 39.2 Å². The van der Waals surface area contributed by atoms with E-state index in [-0.39, 0.29) is 31.0 Å². The standard InChI is InChI=1S/C26H26O8/c1-6-12(2)25(29)34-21-14(4)13(3)7-15-8-17(30-5)20(27)24(28)26(15)10-31-23-19(26)16(21)9-18-22(23)33-11-32-18/h6-9,13-14,21H,10-11H2,1-5H3/b12-6-,15-7-/t13-,14-,21-,26+/m1/s1. The van der Waals surface area contributed by atoms with Crippen molar-refractivity contribution in [3.8, 4) is 17.2 Å². The summed E-state index contributed by atoms with van der Waals surface area (Å²) < 4.78 is 28.6. The van der Waals surface area contributed by atoms with Crippen LogP contribution in [0.15, 0.2) is 41.2 Å². The molecule has 2 heterocycles. The maximum Gasteiger partial charge on any atom is 0.333 e. The highest BCUT2D eigenvalue weighted by Crippen LogP contribution is 2.59. The molecule has 5 rings (SSSR count). The Kier molecular flexibility index (Phi) is 5.07. The molecule has 0 radical (unpaired) electrons. The SMILES string of the molecule is C/C=C(/C)C(=O)O[C@H]1c2cc3c(c4c2[C@@]2(CO4)C(=O)C(=O)C(OC)=C/C2=C/[C@@H](C)[C@H]1C)OCO3. The van der Waals surface area contributed by atoms with E-state index in [1.54, 1.807) is 32.1 Å². The Bertz CT molecular complexity index is 1220. The molecule has 2 aliphatic carbocycles. The van der Waals surface area contributed by atoms with Crippen molar-refractivity contribution in [3.63, 3.8) is 0 Å². The lowest BCUT2D eigenvalue weighted by molar-refractivity contribution is -0.148. The Morgan fingerprint density at radius 2 is 1.94 bits per heavy atom. The second-order valence-electron chi connectivity index (χ2n) is 9.11. The number of benzene rings is 1. The number of rotatable bonds is 3. The lowest BCUT2D eigenvalue weighted by atomic mass is 9.63. The summed E-state index contributed by atoms with van der Waals surface area (Å²) in [5, 5.41) is 0. The lowest BCUT2D eigenvalue weighted by Gasteiger charge is -2.38. The molecule has 0 amide bonds. The highest BCUT2D eigenvalue weighted by Gasteiger charge is 2.59. The van der Waals surface area contributed by atoms with Crippen molar-refractivity contribution in [1.82, 2.24) is 0 Å². The molecule has 0 aromatic heterocycles. The van der Waals surface area contributed by atoms with Gasteiger partial charge in [-0.2, -0.15) is 0 Å². The third-order valence-corrected chi connectivity index (χ3v) is 7.37. The molecule has 2 aliphatic heterocycles. The van der Waals surface area contributed by atoms with Gasteiger partial charge < -0.3 is 23.7 Å². The average molecular weight is 466 g/mol. The summed E-state index contributed by atoms with van der Waals surface area (Å²) >= 11 is 0. The number of Topliss-reactive ketones (excluding diaryl/α,β-unsaturated/α-hetero) is 2. The van der Waals surface area contributed by atoms with Crippen LogP contribution in [0, 0.1) is 11.8 Å². The number of hydrogen-bond donors (Lipinski definition) is 0. The molecule has 0 bridgehead atoms. The van der Waals surface area contributed by atoms with Crippen LogP contribution in [-0.2, 0) is 29.3 Å². The minimum atomic E-state index is -1.39. The highest BCUT2D eigenvalue weighted by atomic mass is 16.7. The fourth-order valence-corrected chi connectivity index (χ4v) is 5.09. The van der Waals surface area contributed by atoms with Crippen LogP contribution < -0.4 is 14.2 Å². The van der Waals surface area contributed by atoms with Crippen molar-refractivity contribution in [2.75, 3.05) is 20.5 Å². The van der Waals surface area contributed by atoms with E-state index < -0.39 is 29.1 Å². The molecule has 0 unspecified atom stereocenters. The first-order chi connectivity index (χ1) is 16.2. The highest BCUT2D eigenvalue weighted by molar-refractivity contribution is 6.48. The van der Waals surface area contributed by atoms with E-state index in [1.807, 2.05) is 19.9 Å². The third-order valence-electron chi connectivity index (χ3n) is 7.37. The van der Waals surface area contributed by atoms with Gasteiger partial charge in [-0.15, -0.1) is 0 Å². The smallest absolute Gasteiger partial charge is 0.333 e. The van der Waals surface area contributed by atoms with Crippen LogP contribution in [-0.4, -0.2) is 38.0 Å². The molecule has 1 spiro atoms. The molecular weight excluding hydrogens is 440 g/mol. The summed E-state index contributed by atoms with van der Waals surface area (Å²) in [4.78, 5) is 39.6. The summed E-state index contributed by atoms with van der Waals surface area (Å²) in [5.41, 5.74) is 0.774. The van der Waals surface area contributed by atoms with Gasteiger partial charge >= 0.3 is 5.97 Å². The fourth-order valence-electron chi connectivity index (χ4n) is 5.09. The molecule has 34 heavy (non-hydrogen) atoms. The number of fused-ring (bicyclic) bond motifs is 2. The molecule has 0 N–H and O–H groups in total. The van der Waals surface area contributed by atoms with E-state index in [2.05, 4.69) is 0 Å². The molecule has 1 aromatic carbocycles. The number of carbonyl (C=O) groups is 3. The van der Waals surface area contributed by atoms with Crippen LogP contribution in [0.5, 0.6) is 17.2 Å². The molecule has 178 valence electrons. The largest absolute Gasteiger partial charge is 0.493 e. The van der Waals surface area contributed by atoms with Gasteiger partial charge in [0.15, 0.2) is 17.3 Å². The fraction of sp³-hybridized carbons (Fsp3) is 0.423. The molecule has 0 fully saturated rings. The molecular formula is C26H26O8. The van der Waals surface area contributed by atoms with Crippen LogP contribution in [0.1, 0.15) is 44.9 Å². The summed E-state index contributed by atoms with van der Waals surface area (Å²) in [6.07, 6.45) is 4.54. The number of ketones is 2. The van der Waals surface area contributed by atoms with E-state index in [4.69, 9.17) is 23.7 Å². The predicted molar refractivity (Wildman–Crippen MR) is 120 cm³/mol. The first kappa shape index (κ1) is 22.3. The van der Waals surface area contributed by atoms with E-state index >= 15 is 0 Å². The van der Waals surface area contributed by atoms with E-state index in [9.17, 15) is 14.4 Å². The number of esters is 1. The van der Waals surface area contributed by atoms with Gasteiger partial charge in [-0.1, -0.05) is 26.0 Å². The molecule has 0 saturated heterocycles. The maximum atomic E-state index is 13.7. The van der Waals surface area contributed by atoms with Crippen molar-refractivity contribution in [3.05, 3.63) is 52.3 Å². The van der Waals surface area contributed by atoms with Crippen LogP contribution in [0.2, 0.25) is 0 Å². The zero-order valence-corrected chi connectivity index (χ0v) is 19.7. The second kappa shape index (κ2) is 7.75. The number of hydrogen-bond acceptors (Lipinski definition) is 8. The predicted octanol–water partition coefficient (Wildman–Crippen LogP) is 3.49. The lowest BCUT2D eigenvalue weighted by Crippen LogP contribution is -2.48. The first-order valence-corrected chi connectivity index (χ1v) is 11.2. The van der Waals surface area contributed by atoms with Crippen LogP contribution in [0.3, 0.4) is 0 Å². The van der Waals surface area contributed by atoms with Crippen LogP contribution >= 0.6 is 0 Å². The van der Waals surface area contributed by atoms with Crippen LogP contribution in [0.25, 0.3) is 0 Å². The van der Waals surface area contributed by atoms with E-state index in [0.29, 0.717) is 39.5 Å². The minimum absolute atomic E-state index is 0.00101. The summed E-state index contributed by atoms with van der Waals surface area (Å²) in [6, 6.07) is 1.75. The quantitative estimate of drug-likeness (QED) is 0.379. The average Bonchev–Trinajstić information content (AvgIpc) is 3.46. The topological polar surface area (TPSA) is 97.4 Å². The summed E-state index contributed by atoms with van der Waals surface area (Å²) in [5.74, 6) is -0.946. The third kappa shape index (κ3) is 2.87. The molecule has 1 aromatic rings. The maximum absolute atomic E-state index is 13.7. The van der Waals surface area contributed by atoms with Crippen LogP contribution in [0.4, 0.5) is 0 Å². The van der Waals surface area contributed by atoms with Crippen molar-refractivity contribution in [2.24, 2.45) is 11.8 Å². The Hall–Kier alpha value is -3.55. The van der Waals surface area contributed by atoms with Gasteiger partial charge in [0.2, 0.25) is 18.3 Å². The Morgan fingerprint density at radius 1 is 1.18 bits per heavy atom. The van der Waals surface area contributed by atoms with Gasteiger partial charge in [0.1, 0.15) is 18.1 Å². The summed E-state index contributed by atoms with van der Waals surface area (Å²) in [7, 11) is 1.37. The Balaban J connectivity index is 1.82. The molecule has 8 nitrogen and oxygen atoms in total. The van der Waals surface area contributed by atoms with Gasteiger partial charge in [0, 0.05) is 22.6 Å². The van der Waals surface area contributed by atoms with Gasteiger partial charge in [0.25, 0.3) is 5.78 Å². The number of carbonyl (C=O) groups excluding carboxylic acids is 3. The number of methoxy groups -OCH3 is 1. The van der Waals surface area contributed by atoms with Crippen molar-refractivity contribution < 1.29 is 38.1 Å². The minimum Gasteiger partial charge on any atom is -0.493 e. The van der Waals surface area contributed by atoms with E-state index in [1.165, 1.54) is 7.11 Å². The van der Waals surface area contributed by atoms with Gasteiger partial charge in [-0.05, 0) is 37.5 Å². The Labute approximate surface area is 197 Å². The van der Waals surface area contributed by atoms with Gasteiger partial charge in [0.05, 0.1) is 7.11 Å². The molecule has 4 aliphatic rings. The normalized spacial score (nSPS) is 30.7. The first-order valence-electron chi connectivity index (χ1n) is 11.2. The van der Waals surface area contributed by atoms with E-state index in [0.717, 1.165) is 0 Å². The molecule has 0 saturated carbocycles. The van der Waals surface area contributed by atoms with Gasteiger partial charge in [-0.25, -0.2) is 4.79 Å². The Morgan fingerprint density at radius 3 is 2.65 bits per heavy atom. The second-order valence-corrected chi connectivity index (χ2v) is 9.11. The zero-order valence-electron chi connectivity index (χ0n) is 19.7. The van der Waals surface area contributed by atoms with Crippen molar-refractivity contribution >= 4 is 17.5 Å². The molecule has 8 heteroatoms. The monoisotopic (exact) mass is 466 g/mol. The summed E-state index contributed by atoms with van der Waals surface area (Å²) in [6.45, 7) is 7.36. The van der Waals surface area contributed by atoms with Crippen molar-refractivity contribution in [1.29, 1.82) is 0 Å². The number of ether oxygens (including phenoxy) is 5. The molecule has 4 atom stereocenters.